The summed E-state index contributed by atoms with van der Waals surface area (Å²) in [6.45, 7) is 3.38. The number of benzene rings is 3. The minimum atomic E-state index is -3.97. The Hall–Kier alpha value is -2.83. The fourth-order valence-electron chi connectivity index (χ4n) is 2.87. The Bertz CT molecular complexity index is 1130. The van der Waals surface area contributed by atoms with Gasteiger partial charge in [-0.2, -0.15) is 0 Å². The van der Waals surface area contributed by atoms with Crippen molar-refractivity contribution >= 4 is 38.9 Å². The van der Waals surface area contributed by atoms with Crippen molar-refractivity contribution < 1.29 is 13.2 Å². The first-order valence-electron chi connectivity index (χ1n) is 8.98. The number of aryl methyl sites for hydroxylation is 2. The summed E-state index contributed by atoms with van der Waals surface area (Å²) in [6.07, 6.45) is 0. The van der Waals surface area contributed by atoms with Gasteiger partial charge in [-0.25, -0.2) is 8.42 Å². The van der Waals surface area contributed by atoms with Crippen LogP contribution in [0, 0.1) is 13.8 Å². The zero-order chi connectivity index (χ0) is 21.0. The summed E-state index contributed by atoms with van der Waals surface area (Å²) in [6, 6.07) is 20.2. The van der Waals surface area contributed by atoms with E-state index in [2.05, 4.69) is 5.32 Å². The molecule has 0 fully saturated rings. The second-order valence-electron chi connectivity index (χ2n) is 6.67. The monoisotopic (exact) mass is 428 g/mol. The SMILES string of the molecule is Cc1cccc(N(CC(=O)Nc2ccccc2C)S(=O)(=O)c2ccc(Cl)cc2)c1. The van der Waals surface area contributed by atoms with Crippen LogP contribution in [0.2, 0.25) is 5.02 Å². The average molecular weight is 429 g/mol. The van der Waals surface area contributed by atoms with E-state index in [-0.39, 0.29) is 11.4 Å². The number of nitrogens with zero attached hydrogens (tertiary/aromatic N) is 1. The predicted molar refractivity (Wildman–Crippen MR) is 117 cm³/mol. The number of para-hydroxylation sites is 1. The molecule has 0 atom stereocenters. The molecule has 0 heterocycles. The van der Waals surface area contributed by atoms with Crippen molar-refractivity contribution in [1.82, 2.24) is 0 Å². The lowest BCUT2D eigenvalue weighted by Gasteiger charge is -2.24. The second-order valence-corrected chi connectivity index (χ2v) is 8.97. The minimum Gasteiger partial charge on any atom is -0.324 e. The summed E-state index contributed by atoms with van der Waals surface area (Å²) >= 11 is 5.90. The van der Waals surface area contributed by atoms with Crippen LogP contribution in [0.1, 0.15) is 11.1 Å². The van der Waals surface area contributed by atoms with E-state index in [1.165, 1.54) is 24.3 Å². The second kappa shape index (κ2) is 8.68. The molecular formula is C22H21ClN2O3S. The molecule has 0 aliphatic heterocycles. The average Bonchev–Trinajstić information content (AvgIpc) is 2.68. The molecule has 0 aromatic heterocycles. The van der Waals surface area contributed by atoms with Crippen LogP contribution in [0.15, 0.2) is 77.7 Å². The number of halogens is 1. The van der Waals surface area contributed by atoms with Gasteiger partial charge in [-0.05, 0) is 67.4 Å². The number of nitrogens with one attached hydrogen (secondary N) is 1. The highest BCUT2D eigenvalue weighted by atomic mass is 35.5. The number of hydrogen-bond donors (Lipinski definition) is 1. The van der Waals surface area contributed by atoms with Gasteiger partial charge in [0.25, 0.3) is 10.0 Å². The van der Waals surface area contributed by atoms with Gasteiger partial charge in [-0.3, -0.25) is 9.10 Å². The van der Waals surface area contributed by atoms with Gasteiger partial charge < -0.3 is 5.32 Å². The Morgan fingerprint density at radius 1 is 0.966 bits per heavy atom. The first-order chi connectivity index (χ1) is 13.8. The number of rotatable bonds is 6. The lowest BCUT2D eigenvalue weighted by Crippen LogP contribution is -2.38. The number of carbonyl (C=O) groups excluding carboxylic acids is 1. The fraction of sp³-hybridized carbons (Fsp3) is 0.136. The van der Waals surface area contributed by atoms with Crippen molar-refractivity contribution in [3.63, 3.8) is 0 Å². The molecule has 0 aliphatic rings. The molecule has 0 aliphatic carbocycles. The highest BCUT2D eigenvalue weighted by Gasteiger charge is 2.27. The maximum atomic E-state index is 13.3. The number of sulfonamides is 1. The van der Waals surface area contributed by atoms with Crippen LogP contribution in [0.25, 0.3) is 0 Å². The smallest absolute Gasteiger partial charge is 0.264 e. The third kappa shape index (κ3) is 4.96. The number of carbonyl (C=O) groups is 1. The lowest BCUT2D eigenvalue weighted by atomic mass is 10.2. The van der Waals surface area contributed by atoms with Crippen LogP contribution in [0.4, 0.5) is 11.4 Å². The molecule has 3 rings (SSSR count). The molecule has 29 heavy (non-hydrogen) atoms. The van der Waals surface area contributed by atoms with Crippen molar-refractivity contribution in [2.45, 2.75) is 18.7 Å². The topological polar surface area (TPSA) is 66.5 Å². The normalized spacial score (nSPS) is 11.1. The standard InChI is InChI=1S/C22H21ClN2O3S/c1-16-6-5-8-19(14-16)25(29(27,28)20-12-10-18(23)11-13-20)15-22(26)24-21-9-4-3-7-17(21)2/h3-14H,15H2,1-2H3,(H,24,26). The predicted octanol–water partition coefficient (Wildman–Crippen LogP) is 4.79. The van der Waals surface area contributed by atoms with Crippen molar-refractivity contribution in [3.8, 4) is 0 Å². The molecule has 0 saturated carbocycles. The van der Waals surface area contributed by atoms with Gasteiger partial charge in [0, 0.05) is 10.7 Å². The van der Waals surface area contributed by atoms with Gasteiger partial charge in [0.05, 0.1) is 10.6 Å². The number of anilines is 2. The number of amides is 1. The molecule has 5 nitrogen and oxygen atoms in total. The summed E-state index contributed by atoms with van der Waals surface area (Å²) in [5.74, 6) is -0.432. The van der Waals surface area contributed by atoms with Crippen molar-refractivity contribution in [3.05, 3.63) is 88.9 Å². The van der Waals surface area contributed by atoms with Gasteiger partial charge in [0.2, 0.25) is 5.91 Å². The Kier molecular flexibility index (Phi) is 6.25. The third-order valence-electron chi connectivity index (χ3n) is 4.40. The Labute approximate surface area is 176 Å². The highest BCUT2D eigenvalue weighted by molar-refractivity contribution is 7.92. The van der Waals surface area contributed by atoms with Gasteiger partial charge >= 0.3 is 0 Å². The first kappa shape index (κ1) is 20.9. The van der Waals surface area contributed by atoms with Crippen LogP contribution in [0.3, 0.4) is 0 Å². The molecule has 0 saturated heterocycles. The van der Waals surface area contributed by atoms with E-state index >= 15 is 0 Å². The van der Waals surface area contributed by atoms with Crippen LogP contribution in [-0.2, 0) is 14.8 Å². The molecule has 150 valence electrons. The lowest BCUT2D eigenvalue weighted by molar-refractivity contribution is -0.114. The Balaban J connectivity index is 1.96. The van der Waals surface area contributed by atoms with Crippen molar-refractivity contribution in [1.29, 1.82) is 0 Å². The van der Waals surface area contributed by atoms with Gasteiger partial charge in [0.1, 0.15) is 6.54 Å². The fourth-order valence-corrected chi connectivity index (χ4v) is 4.40. The number of hydrogen-bond acceptors (Lipinski definition) is 3. The largest absolute Gasteiger partial charge is 0.324 e. The van der Waals surface area contributed by atoms with Crippen LogP contribution in [0.5, 0.6) is 0 Å². The van der Waals surface area contributed by atoms with E-state index in [0.29, 0.717) is 16.4 Å². The maximum absolute atomic E-state index is 13.3. The molecule has 1 N–H and O–H groups in total. The van der Waals surface area contributed by atoms with Crippen LogP contribution in [-0.4, -0.2) is 20.9 Å². The van der Waals surface area contributed by atoms with Crippen LogP contribution < -0.4 is 9.62 Å². The quantitative estimate of drug-likeness (QED) is 0.613. The molecule has 0 radical (unpaired) electrons. The van der Waals surface area contributed by atoms with E-state index in [0.717, 1.165) is 15.4 Å². The highest BCUT2D eigenvalue weighted by Crippen LogP contribution is 2.25. The van der Waals surface area contributed by atoms with Crippen molar-refractivity contribution in [2.24, 2.45) is 0 Å². The summed E-state index contributed by atoms with van der Waals surface area (Å²) in [7, 11) is -3.97. The molecule has 7 heteroatoms. The molecule has 3 aromatic carbocycles. The molecule has 0 bridgehead atoms. The molecule has 0 spiro atoms. The molecule has 3 aromatic rings. The van der Waals surface area contributed by atoms with Crippen LogP contribution >= 0.6 is 11.6 Å². The van der Waals surface area contributed by atoms with Gasteiger partial charge in [0.15, 0.2) is 0 Å². The summed E-state index contributed by atoms with van der Waals surface area (Å²) in [5, 5.41) is 3.23. The van der Waals surface area contributed by atoms with E-state index in [9.17, 15) is 13.2 Å². The molecule has 0 unspecified atom stereocenters. The van der Waals surface area contributed by atoms with Gasteiger partial charge in [-0.1, -0.05) is 41.9 Å². The summed E-state index contributed by atoms with van der Waals surface area (Å²) in [4.78, 5) is 12.8. The first-order valence-corrected chi connectivity index (χ1v) is 10.8. The van der Waals surface area contributed by atoms with E-state index in [1.807, 2.05) is 38.1 Å². The Morgan fingerprint density at radius 3 is 2.31 bits per heavy atom. The van der Waals surface area contributed by atoms with E-state index in [4.69, 9.17) is 11.6 Å². The summed E-state index contributed by atoms with van der Waals surface area (Å²) < 4.78 is 27.7. The van der Waals surface area contributed by atoms with Gasteiger partial charge in [-0.15, -0.1) is 0 Å². The van der Waals surface area contributed by atoms with E-state index in [1.54, 1.807) is 24.3 Å². The minimum absolute atomic E-state index is 0.0621. The third-order valence-corrected chi connectivity index (χ3v) is 6.44. The molecular weight excluding hydrogens is 408 g/mol. The zero-order valence-corrected chi connectivity index (χ0v) is 17.7. The van der Waals surface area contributed by atoms with Crippen molar-refractivity contribution in [2.75, 3.05) is 16.2 Å². The zero-order valence-electron chi connectivity index (χ0n) is 16.1. The van der Waals surface area contributed by atoms with E-state index < -0.39 is 15.9 Å². The Morgan fingerprint density at radius 2 is 1.66 bits per heavy atom. The summed E-state index contributed by atoms with van der Waals surface area (Å²) in [5.41, 5.74) is 2.84. The maximum Gasteiger partial charge on any atom is 0.264 e. The molecule has 1 amide bonds.